The van der Waals surface area contributed by atoms with Gasteiger partial charge in [-0.15, -0.1) is 0 Å². The molecule has 2 aromatic rings. The maximum Gasteiger partial charge on any atom is 0.219 e. The molecule has 0 fully saturated rings. The Balaban J connectivity index is 2.12. The van der Waals surface area contributed by atoms with Crippen molar-refractivity contribution in [1.29, 1.82) is 5.26 Å². The van der Waals surface area contributed by atoms with E-state index in [4.69, 9.17) is 10.00 Å². The molecule has 1 aromatic heterocycles. The Morgan fingerprint density at radius 3 is 2.29 bits per heavy atom. The molecule has 4 heteroatoms. The lowest BCUT2D eigenvalue weighted by Crippen LogP contribution is -2.20. The third-order valence-electron chi connectivity index (χ3n) is 2.89. The lowest BCUT2D eigenvalue weighted by Gasteiger charge is -2.16. The highest BCUT2D eigenvalue weighted by Gasteiger charge is 2.23. The summed E-state index contributed by atoms with van der Waals surface area (Å²) in [5.74, 6) is 1.04. The van der Waals surface area contributed by atoms with Crippen molar-refractivity contribution in [3.05, 3.63) is 53.7 Å². The van der Waals surface area contributed by atoms with Crippen LogP contribution < -0.4 is 4.74 Å². The van der Waals surface area contributed by atoms with Crippen molar-refractivity contribution in [1.82, 2.24) is 4.98 Å². The molecule has 0 amide bonds. The van der Waals surface area contributed by atoms with Gasteiger partial charge in [-0.1, -0.05) is 20.8 Å². The van der Waals surface area contributed by atoms with Gasteiger partial charge >= 0.3 is 0 Å². The molecule has 0 N–H and O–H groups in total. The molecule has 0 bridgehead atoms. The molecule has 106 valence electrons. The van der Waals surface area contributed by atoms with E-state index in [9.17, 15) is 4.79 Å². The number of nitrogens with zero attached hydrogens (tertiary/aromatic N) is 2. The minimum Gasteiger partial charge on any atom is -0.439 e. The van der Waals surface area contributed by atoms with Gasteiger partial charge in [0.05, 0.1) is 11.6 Å². The van der Waals surface area contributed by atoms with Crippen LogP contribution in [0.5, 0.6) is 11.6 Å². The zero-order valence-corrected chi connectivity index (χ0v) is 12.3. The van der Waals surface area contributed by atoms with E-state index < -0.39 is 5.41 Å². The fraction of sp³-hybridized carbons (Fsp3) is 0.235. The molecule has 1 aromatic carbocycles. The predicted octanol–water partition coefficient (Wildman–Crippen LogP) is 3.97. The molecule has 4 nitrogen and oxygen atoms in total. The number of carbonyl (C=O) groups is 1. The van der Waals surface area contributed by atoms with Gasteiger partial charge in [0.25, 0.3) is 0 Å². The van der Waals surface area contributed by atoms with E-state index in [0.717, 1.165) is 0 Å². The Bertz CT molecular complexity index is 675. The summed E-state index contributed by atoms with van der Waals surface area (Å²) >= 11 is 0. The number of rotatable bonds is 3. The summed E-state index contributed by atoms with van der Waals surface area (Å²) in [7, 11) is 0. The number of Topliss-reactive ketones (excluding diaryl/α,β-unsaturated/α-hetero) is 1. The summed E-state index contributed by atoms with van der Waals surface area (Å²) in [5.41, 5.74) is 0.702. The normalized spacial score (nSPS) is 10.8. The van der Waals surface area contributed by atoms with Gasteiger partial charge < -0.3 is 4.74 Å². The van der Waals surface area contributed by atoms with Crippen LogP contribution in [0.15, 0.2) is 42.6 Å². The van der Waals surface area contributed by atoms with Crippen molar-refractivity contribution >= 4 is 5.78 Å². The maximum absolute atomic E-state index is 12.1. The van der Waals surface area contributed by atoms with Crippen molar-refractivity contribution in [2.75, 3.05) is 0 Å². The SMILES string of the molecule is CC(C)(C)C(=O)c1ccc(Oc2ccc(C#N)cc2)nc1. The summed E-state index contributed by atoms with van der Waals surface area (Å²) < 4.78 is 5.57. The number of hydrogen-bond donors (Lipinski definition) is 0. The molecule has 2 rings (SSSR count). The standard InChI is InChI=1S/C17H16N2O2/c1-17(2,3)16(20)13-6-9-15(19-11-13)21-14-7-4-12(10-18)5-8-14/h4-9,11H,1-3H3. The average Bonchev–Trinajstić information content (AvgIpc) is 2.47. The summed E-state index contributed by atoms with van der Waals surface area (Å²) in [4.78, 5) is 16.2. The molecular weight excluding hydrogens is 264 g/mol. The monoisotopic (exact) mass is 280 g/mol. The van der Waals surface area contributed by atoms with Crippen LogP contribution in [0.1, 0.15) is 36.7 Å². The molecule has 0 aliphatic carbocycles. The summed E-state index contributed by atoms with van der Waals surface area (Å²) in [5, 5.41) is 8.73. The third-order valence-corrected chi connectivity index (χ3v) is 2.89. The minimum atomic E-state index is -0.433. The van der Waals surface area contributed by atoms with Crippen LogP contribution >= 0.6 is 0 Å². The third kappa shape index (κ3) is 3.67. The minimum absolute atomic E-state index is 0.0416. The van der Waals surface area contributed by atoms with E-state index in [-0.39, 0.29) is 5.78 Å². The molecular formula is C17H16N2O2. The van der Waals surface area contributed by atoms with Crippen LogP contribution in [0.3, 0.4) is 0 Å². The van der Waals surface area contributed by atoms with Gasteiger partial charge in [0.15, 0.2) is 5.78 Å². The second-order valence-electron chi connectivity index (χ2n) is 5.70. The number of ketones is 1. The molecule has 0 atom stereocenters. The lowest BCUT2D eigenvalue weighted by atomic mass is 9.87. The molecule has 0 saturated heterocycles. The number of pyridine rings is 1. The van der Waals surface area contributed by atoms with E-state index in [2.05, 4.69) is 4.98 Å². The van der Waals surface area contributed by atoms with Crippen LogP contribution in [-0.4, -0.2) is 10.8 Å². The van der Waals surface area contributed by atoms with Crippen molar-refractivity contribution in [3.8, 4) is 17.7 Å². The zero-order chi connectivity index (χ0) is 15.5. The zero-order valence-electron chi connectivity index (χ0n) is 12.3. The molecule has 0 aliphatic rings. The van der Waals surface area contributed by atoms with Gasteiger partial charge in [0.2, 0.25) is 5.88 Å². The van der Waals surface area contributed by atoms with Crippen LogP contribution in [0.4, 0.5) is 0 Å². The molecule has 0 radical (unpaired) electrons. The van der Waals surface area contributed by atoms with Gasteiger partial charge in [-0.05, 0) is 30.3 Å². The number of hydrogen-bond acceptors (Lipinski definition) is 4. The highest BCUT2D eigenvalue weighted by molar-refractivity contribution is 5.99. The summed E-state index contributed by atoms with van der Waals surface area (Å²) in [6.45, 7) is 5.61. The van der Waals surface area contributed by atoms with Crippen molar-refractivity contribution in [2.45, 2.75) is 20.8 Å². The van der Waals surface area contributed by atoms with E-state index in [1.54, 1.807) is 36.4 Å². The Morgan fingerprint density at radius 1 is 1.14 bits per heavy atom. The number of carbonyl (C=O) groups excluding carboxylic acids is 1. The van der Waals surface area contributed by atoms with Gasteiger partial charge in [-0.25, -0.2) is 4.98 Å². The quantitative estimate of drug-likeness (QED) is 0.798. The maximum atomic E-state index is 12.1. The van der Waals surface area contributed by atoms with E-state index in [1.807, 2.05) is 26.8 Å². The fourth-order valence-corrected chi connectivity index (χ4v) is 1.73. The van der Waals surface area contributed by atoms with Gasteiger partial charge in [-0.3, -0.25) is 4.79 Å². The van der Waals surface area contributed by atoms with Gasteiger partial charge in [0, 0.05) is 23.2 Å². The molecule has 0 spiro atoms. The molecule has 0 aliphatic heterocycles. The van der Waals surface area contributed by atoms with E-state index in [0.29, 0.717) is 22.8 Å². The van der Waals surface area contributed by atoms with Crippen LogP contribution in [-0.2, 0) is 0 Å². The number of nitriles is 1. The van der Waals surface area contributed by atoms with Crippen LogP contribution in [0.25, 0.3) is 0 Å². The van der Waals surface area contributed by atoms with Crippen molar-refractivity contribution in [2.24, 2.45) is 5.41 Å². The first-order valence-electron chi connectivity index (χ1n) is 6.59. The van der Waals surface area contributed by atoms with E-state index in [1.165, 1.54) is 6.20 Å². The first-order valence-corrected chi connectivity index (χ1v) is 6.59. The smallest absolute Gasteiger partial charge is 0.219 e. The molecule has 21 heavy (non-hydrogen) atoms. The second-order valence-corrected chi connectivity index (χ2v) is 5.70. The Labute approximate surface area is 124 Å². The first kappa shape index (κ1) is 14.7. The van der Waals surface area contributed by atoms with Crippen LogP contribution in [0.2, 0.25) is 0 Å². The summed E-state index contributed by atoms with van der Waals surface area (Å²) in [6, 6.07) is 12.2. The van der Waals surface area contributed by atoms with Crippen LogP contribution in [0, 0.1) is 16.7 Å². The highest BCUT2D eigenvalue weighted by Crippen LogP contribution is 2.23. The first-order chi connectivity index (χ1) is 9.90. The topological polar surface area (TPSA) is 63.0 Å². The largest absolute Gasteiger partial charge is 0.439 e. The Kier molecular flexibility index (Phi) is 4.04. The predicted molar refractivity (Wildman–Crippen MR) is 79.3 cm³/mol. The number of ether oxygens (including phenoxy) is 1. The molecule has 1 heterocycles. The molecule has 0 saturated carbocycles. The van der Waals surface area contributed by atoms with E-state index >= 15 is 0 Å². The Morgan fingerprint density at radius 2 is 1.81 bits per heavy atom. The van der Waals surface area contributed by atoms with Gasteiger partial charge in [-0.2, -0.15) is 5.26 Å². The van der Waals surface area contributed by atoms with Gasteiger partial charge in [0.1, 0.15) is 5.75 Å². The van der Waals surface area contributed by atoms with Crippen molar-refractivity contribution in [3.63, 3.8) is 0 Å². The lowest BCUT2D eigenvalue weighted by molar-refractivity contribution is 0.0858. The number of benzene rings is 1. The Hall–Kier alpha value is -2.67. The summed E-state index contributed by atoms with van der Waals surface area (Å²) in [6.07, 6.45) is 1.52. The fourth-order valence-electron chi connectivity index (χ4n) is 1.73. The highest BCUT2D eigenvalue weighted by atomic mass is 16.5. The number of aromatic nitrogens is 1. The molecule has 0 unspecified atom stereocenters. The second kappa shape index (κ2) is 5.76. The average molecular weight is 280 g/mol. The van der Waals surface area contributed by atoms with Crippen molar-refractivity contribution < 1.29 is 9.53 Å².